The second-order valence-corrected chi connectivity index (χ2v) is 3.96. The van der Waals surface area contributed by atoms with Crippen LogP contribution in [0.15, 0.2) is 18.3 Å². The third-order valence-corrected chi connectivity index (χ3v) is 2.98. The molecule has 0 bridgehead atoms. The molecule has 0 spiro atoms. The van der Waals surface area contributed by atoms with Gasteiger partial charge in [0.15, 0.2) is 11.4 Å². The van der Waals surface area contributed by atoms with E-state index in [1.54, 1.807) is 7.11 Å². The van der Waals surface area contributed by atoms with E-state index in [0.717, 1.165) is 23.5 Å². The van der Waals surface area contributed by atoms with Crippen molar-refractivity contribution in [3.05, 3.63) is 24.0 Å². The van der Waals surface area contributed by atoms with Gasteiger partial charge in [0, 0.05) is 12.1 Å². The summed E-state index contributed by atoms with van der Waals surface area (Å²) >= 11 is 0. The molecule has 2 aromatic heterocycles. The molecular weight excluding hydrogens is 202 g/mol. The molecular formula is C12H17N3O. The molecule has 0 fully saturated rings. The molecule has 0 saturated carbocycles. The maximum atomic E-state index is 6.08. The van der Waals surface area contributed by atoms with Gasteiger partial charge in [-0.25, -0.2) is 4.98 Å². The number of nitrogen functional groups attached to an aromatic ring is 1. The van der Waals surface area contributed by atoms with Crippen LogP contribution in [0.25, 0.3) is 5.65 Å². The first-order valence-corrected chi connectivity index (χ1v) is 5.49. The van der Waals surface area contributed by atoms with Gasteiger partial charge >= 0.3 is 0 Å². The molecule has 2 N–H and O–H groups in total. The number of methoxy groups -OCH3 is 1. The van der Waals surface area contributed by atoms with E-state index in [9.17, 15) is 0 Å². The summed E-state index contributed by atoms with van der Waals surface area (Å²) in [4.78, 5) is 4.57. The highest BCUT2D eigenvalue weighted by Crippen LogP contribution is 2.28. The fraction of sp³-hybridized carbons (Fsp3) is 0.417. The van der Waals surface area contributed by atoms with Crippen LogP contribution in [0.2, 0.25) is 0 Å². The first-order chi connectivity index (χ1) is 7.69. The summed E-state index contributed by atoms with van der Waals surface area (Å²) in [6.07, 6.45) is 2.93. The van der Waals surface area contributed by atoms with Crippen molar-refractivity contribution < 1.29 is 4.74 Å². The number of rotatable bonds is 3. The smallest absolute Gasteiger partial charge is 0.181 e. The van der Waals surface area contributed by atoms with E-state index in [1.807, 2.05) is 22.7 Å². The van der Waals surface area contributed by atoms with Gasteiger partial charge in [0.1, 0.15) is 5.82 Å². The molecule has 2 aromatic rings. The minimum atomic E-state index is 0.365. The van der Waals surface area contributed by atoms with Crippen molar-refractivity contribution in [1.82, 2.24) is 9.38 Å². The summed E-state index contributed by atoms with van der Waals surface area (Å²) in [5.41, 5.74) is 7.82. The molecule has 0 radical (unpaired) electrons. The van der Waals surface area contributed by atoms with Gasteiger partial charge in [-0.1, -0.05) is 13.8 Å². The van der Waals surface area contributed by atoms with Crippen LogP contribution in [-0.4, -0.2) is 16.5 Å². The zero-order chi connectivity index (χ0) is 11.7. The number of imidazole rings is 1. The Morgan fingerprint density at radius 3 is 2.94 bits per heavy atom. The topological polar surface area (TPSA) is 52.5 Å². The Morgan fingerprint density at radius 2 is 2.31 bits per heavy atom. The van der Waals surface area contributed by atoms with Crippen LogP contribution in [0, 0.1) is 0 Å². The first kappa shape index (κ1) is 10.8. The number of nitrogens with zero attached hydrogens (tertiary/aromatic N) is 2. The number of hydrogen-bond acceptors (Lipinski definition) is 3. The van der Waals surface area contributed by atoms with E-state index in [1.165, 1.54) is 0 Å². The van der Waals surface area contributed by atoms with E-state index in [2.05, 4.69) is 18.8 Å². The van der Waals surface area contributed by atoms with Crippen molar-refractivity contribution in [3.63, 3.8) is 0 Å². The first-order valence-electron chi connectivity index (χ1n) is 5.49. The summed E-state index contributed by atoms with van der Waals surface area (Å²) in [5, 5.41) is 0. The summed E-state index contributed by atoms with van der Waals surface area (Å²) in [7, 11) is 1.64. The third-order valence-electron chi connectivity index (χ3n) is 2.98. The van der Waals surface area contributed by atoms with E-state index in [-0.39, 0.29) is 0 Å². The maximum Gasteiger partial charge on any atom is 0.181 e. The third kappa shape index (κ3) is 1.50. The Bertz CT molecular complexity index is 504. The fourth-order valence-corrected chi connectivity index (χ4v) is 1.79. The molecule has 4 heteroatoms. The summed E-state index contributed by atoms with van der Waals surface area (Å²) in [6, 6.07) is 3.80. The largest absolute Gasteiger partial charge is 0.493 e. The van der Waals surface area contributed by atoms with Crippen LogP contribution in [-0.2, 0) is 0 Å². The van der Waals surface area contributed by atoms with Crippen LogP contribution >= 0.6 is 0 Å². The standard InChI is InChI=1S/C12H17N3O/c1-4-8(2)10-11(13)15-7-5-6-9(16-3)12(15)14-10/h5-8H,4,13H2,1-3H3. The SMILES string of the molecule is CCC(C)c1nc2c(OC)cccn2c1N. The molecule has 0 aliphatic heterocycles. The molecule has 0 aliphatic carbocycles. The van der Waals surface area contributed by atoms with Crippen molar-refractivity contribution in [2.24, 2.45) is 0 Å². The van der Waals surface area contributed by atoms with Gasteiger partial charge in [0.25, 0.3) is 0 Å². The van der Waals surface area contributed by atoms with Crippen molar-refractivity contribution in [2.45, 2.75) is 26.2 Å². The Morgan fingerprint density at radius 1 is 1.56 bits per heavy atom. The number of fused-ring (bicyclic) bond motifs is 1. The quantitative estimate of drug-likeness (QED) is 0.862. The number of anilines is 1. The van der Waals surface area contributed by atoms with Gasteiger partial charge in [0.05, 0.1) is 12.8 Å². The van der Waals surface area contributed by atoms with Gasteiger partial charge in [-0.05, 0) is 18.6 Å². The van der Waals surface area contributed by atoms with E-state index in [4.69, 9.17) is 10.5 Å². The zero-order valence-corrected chi connectivity index (χ0v) is 9.90. The van der Waals surface area contributed by atoms with Crippen LogP contribution in [0.4, 0.5) is 5.82 Å². The second-order valence-electron chi connectivity index (χ2n) is 3.96. The molecule has 16 heavy (non-hydrogen) atoms. The van der Waals surface area contributed by atoms with Crippen LogP contribution in [0.3, 0.4) is 0 Å². The molecule has 0 aromatic carbocycles. The Labute approximate surface area is 95.0 Å². The molecule has 4 nitrogen and oxygen atoms in total. The molecule has 86 valence electrons. The second kappa shape index (κ2) is 4.04. The Balaban J connectivity index is 2.67. The number of ether oxygens (including phenoxy) is 1. The summed E-state index contributed by atoms with van der Waals surface area (Å²) in [5.74, 6) is 1.83. The summed E-state index contributed by atoms with van der Waals surface area (Å²) < 4.78 is 7.15. The predicted molar refractivity (Wildman–Crippen MR) is 64.9 cm³/mol. The average molecular weight is 219 g/mol. The van der Waals surface area contributed by atoms with Crippen molar-refractivity contribution in [2.75, 3.05) is 12.8 Å². The minimum absolute atomic E-state index is 0.365. The van der Waals surface area contributed by atoms with Crippen molar-refractivity contribution >= 4 is 11.5 Å². The van der Waals surface area contributed by atoms with Gasteiger partial charge in [-0.15, -0.1) is 0 Å². The van der Waals surface area contributed by atoms with E-state index in [0.29, 0.717) is 11.7 Å². The van der Waals surface area contributed by atoms with E-state index < -0.39 is 0 Å². The highest BCUT2D eigenvalue weighted by Gasteiger charge is 2.16. The monoisotopic (exact) mass is 219 g/mol. The lowest BCUT2D eigenvalue weighted by molar-refractivity contribution is 0.417. The highest BCUT2D eigenvalue weighted by molar-refractivity contribution is 5.61. The normalized spacial score (nSPS) is 12.9. The molecule has 2 rings (SSSR count). The minimum Gasteiger partial charge on any atom is -0.493 e. The lowest BCUT2D eigenvalue weighted by atomic mass is 10.1. The molecule has 0 saturated heterocycles. The van der Waals surface area contributed by atoms with Crippen molar-refractivity contribution in [3.8, 4) is 5.75 Å². The van der Waals surface area contributed by atoms with Gasteiger partial charge in [-0.2, -0.15) is 0 Å². The van der Waals surface area contributed by atoms with Crippen LogP contribution < -0.4 is 10.5 Å². The zero-order valence-electron chi connectivity index (χ0n) is 9.90. The molecule has 1 atom stereocenters. The average Bonchev–Trinajstić information content (AvgIpc) is 2.66. The number of pyridine rings is 1. The van der Waals surface area contributed by atoms with E-state index >= 15 is 0 Å². The van der Waals surface area contributed by atoms with Gasteiger partial charge in [0.2, 0.25) is 0 Å². The Kier molecular flexibility index (Phi) is 2.73. The molecule has 2 heterocycles. The molecule has 1 unspecified atom stereocenters. The van der Waals surface area contributed by atoms with Gasteiger partial charge < -0.3 is 10.5 Å². The lowest BCUT2D eigenvalue weighted by Gasteiger charge is -2.04. The van der Waals surface area contributed by atoms with Crippen LogP contribution in [0.5, 0.6) is 5.75 Å². The predicted octanol–water partition coefficient (Wildman–Crippen LogP) is 2.44. The lowest BCUT2D eigenvalue weighted by Crippen LogP contribution is -1.99. The number of nitrogens with two attached hydrogens (primary N) is 1. The van der Waals surface area contributed by atoms with Crippen LogP contribution in [0.1, 0.15) is 31.9 Å². The Hall–Kier alpha value is -1.71. The highest BCUT2D eigenvalue weighted by atomic mass is 16.5. The fourth-order valence-electron chi connectivity index (χ4n) is 1.79. The summed E-state index contributed by atoms with van der Waals surface area (Å²) in [6.45, 7) is 4.26. The maximum absolute atomic E-state index is 6.08. The van der Waals surface area contributed by atoms with Crippen molar-refractivity contribution in [1.29, 1.82) is 0 Å². The number of aromatic nitrogens is 2. The van der Waals surface area contributed by atoms with Gasteiger partial charge in [-0.3, -0.25) is 4.40 Å². The molecule has 0 aliphatic rings. The number of hydrogen-bond donors (Lipinski definition) is 1. The molecule has 0 amide bonds.